The number of benzene rings is 2. The summed E-state index contributed by atoms with van der Waals surface area (Å²) in [6, 6.07) is 16.4. The highest BCUT2D eigenvalue weighted by molar-refractivity contribution is 7.16. The highest BCUT2D eigenvalue weighted by Crippen LogP contribution is 2.23. The Morgan fingerprint density at radius 3 is 2.47 bits per heavy atom. The van der Waals surface area contributed by atoms with Crippen LogP contribution in [-0.4, -0.2) is 33.1 Å². The number of rotatable bonds is 7. The largest absolute Gasteiger partial charge is 0.335 e. The van der Waals surface area contributed by atoms with Crippen molar-refractivity contribution in [1.29, 1.82) is 0 Å². The van der Waals surface area contributed by atoms with Crippen LogP contribution in [0.5, 0.6) is 0 Å². The molecule has 0 aliphatic carbocycles. The fourth-order valence-corrected chi connectivity index (χ4v) is 3.85. The molecule has 2 amide bonds. The van der Waals surface area contributed by atoms with Gasteiger partial charge in [-0.2, -0.15) is 10.2 Å². The number of nitro groups is 1. The fourth-order valence-electron chi connectivity index (χ4n) is 3.15. The van der Waals surface area contributed by atoms with Crippen molar-refractivity contribution in [3.63, 3.8) is 0 Å². The van der Waals surface area contributed by atoms with E-state index in [1.165, 1.54) is 18.3 Å². The topological polar surface area (TPSA) is 159 Å². The number of hydrazone groups is 1. The number of carbonyl (C=O) groups is 2. The van der Waals surface area contributed by atoms with Crippen LogP contribution in [-0.2, 0) is 4.79 Å². The number of thiophene rings is 1. The lowest BCUT2D eigenvalue weighted by molar-refractivity contribution is -0.380. The van der Waals surface area contributed by atoms with Crippen molar-refractivity contribution in [2.45, 2.75) is 6.04 Å². The SMILES string of the molecule is O=C(NC(C(=O)N/N=C/c1ccc([N+](=O)[O-])s1)c1n[nH]c(=O)c2ccccc12)c1ccccc1. The minimum absolute atomic E-state index is 0.0651. The molecular weight excluding hydrogens is 460 g/mol. The number of carbonyl (C=O) groups excluding carboxylic acids is 2. The highest BCUT2D eigenvalue weighted by Gasteiger charge is 2.27. The first-order valence-electron chi connectivity index (χ1n) is 9.84. The summed E-state index contributed by atoms with van der Waals surface area (Å²) in [4.78, 5) is 48.8. The van der Waals surface area contributed by atoms with Gasteiger partial charge in [0, 0.05) is 17.0 Å². The summed E-state index contributed by atoms with van der Waals surface area (Å²) in [7, 11) is 0. The first kappa shape index (κ1) is 22.5. The van der Waals surface area contributed by atoms with Crippen molar-refractivity contribution in [2.24, 2.45) is 5.10 Å². The van der Waals surface area contributed by atoms with Crippen molar-refractivity contribution < 1.29 is 14.5 Å². The summed E-state index contributed by atoms with van der Waals surface area (Å²) in [5.41, 5.74) is 2.33. The molecule has 2 heterocycles. The maximum absolute atomic E-state index is 13.1. The van der Waals surface area contributed by atoms with Gasteiger partial charge in [0.05, 0.1) is 21.4 Å². The zero-order valence-electron chi connectivity index (χ0n) is 17.3. The molecule has 1 atom stereocenters. The highest BCUT2D eigenvalue weighted by atomic mass is 32.1. The Labute approximate surface area is 195 Å². The Bertz CT molecular complexity index is 1460. The maximum Gasteiger partial charge on any atom is 0.324 e. The number of fused-ring (bicyclic) bond motifs is 1. The van der Waals surface area contributed by atoms with Gasteiger partial charge in [-0.3, -0.25) is 24.5 Å². The van der Waals surface area contributed by atoms with E-state index < -0.39 is 28.3 Å². The molecule has 2 aromatic heterocycles. The minimum Gasteiger partial charge on any atom is -0.335 e. The van der Waals surface area contributed by atoms with E-state index in [0.29, 0.717) is 21.2 Å². The molecule has 0 fully saturated rings. The first-order chi connectivity index (χ1) is 16.4. The van der Waals surface area contributed by atoms with Crippen molar-refractivity contribution in [3.8, 4) is 0 Å². The summed E-state index contributed by atoms with van der Waals surface area (Å²) in [6.07, 6.45) is 1.25. The van der Waals surface area contributed by atoms with Crippen molar-refractivity contribution >= 4 is 45.1 Å². The summed E-state index contributed by atoms with van der Waals surface area (Å²) in [5.74, 6) is -1.26. The van der Waals surface area contributed by atoms with Gasteiger partial charge in [-0.15, -0.1) is 0 Å². The Hall–Kier alpha value is -4.71. The molecule has 4 rings (SSSR count). The van der Waals surface area contributed by atoms with E-state index in [9.17, 15) is 24.5 Å². The quantitative estimate of drug-likeness (QED) is 0.211. The van der Waals surface area contributed by atoms with Crippen LogP contribution in [0.4, 0.5) is 5.00 Å². The Morgan fingerprint density at radius 2 is 1.76 bits per heavy atom. The molecular formula is C22H16N6O5S. The van der Waals surface area contributed by atoms with E-state index in [1.54, 1.807) is 54.6 Å². The monoisotopic (exact) mass is 476 g/mol. The van der Waals surface area contributed by atoms with E-state index in [-0.39, 0.29) is 10.7 Å². The van der Waals surface area contributed by atoms with E-state index in [4.69, 9.17) is 0 Å². The third-order valence-corrected chi connectivity index (χ3v) is 5.70. The van der Waals surface area contributed by atoms with Gasteiger partial charge in [-0.1, -0.05) is 47.7 Å². The van der Waals surface area contributed by atoms with E-state index in [1.807, 2.05) is 0 Å². The number of aromatic nitrogens is 2. The van der Waals surface area contributed by atoms with Crippen LogP contribution in [0.15, 0.2) is 76.6 Å². The Balaban J connectivity index is 1.65. The lowest BCUT2D eigenvalue weighted by Gasteiger charge is -2.18. The van der Waals surface area contributed by atoms with Crippen LogP contribution in [0.2, 0.25) is 0 Å². The number of H-pyrrole nitrogens is 1. The second kappa shape index (κ2) is 9.83. The van der Waals surface area contributed by atoms with Gasteiger partial charge in [0.2, 0.25) is 0 Å². The number of amides is 2. The zero-order valence-corrected chi connectivity index (χ0v) is 18.1. The van der Waals surface area contributed by atoms with Gasteiger partial charge in [-0.25, -0.2) is 10.5 Å². The number of hydrogen-bond donors (Lipinski definition) is 3. The van der Waals surface area contributed by atoms with E-state index in [0.717, 1.165) is 11.3 Å². The maximum atomic E-state index is 13.1. The lowest BCUT2D eigenvalue weighted by atomic mass is 10.0. The third kappa shape index (κ3) is 4.86. The second-order valence-corrected chi connectivity index (χ2v) is 8.02. The molecule has 0 aliphatic rings. The Morgan fingerprint density at radius 1 is 1.06 bits per heavy atom. The predicted molar refractivity (Wildman–Crippen MR) is 126 cm³/mol. The first-order valence-corrected chi connectivity index (χ1v) is 10.7. The van der Waals surface area contributed by atoms with Crippen LogP contribution < -0.4 is 16.3 Å². The van der Waals surface area contributed by atoms with Crippen LogP contribution in [0, 0.1) is 10.1 Å². The van der Waals surface area contributed by atoms with Gasteiger partial charge in [-0.05, 0) is 24.3 Å². The van der Waals surface area contributed by atoms with Crippen LogP contribution >= 0.6 is 11.3 Å². The van der Waals surface area contributed by atoms with Crippen molar-refractivity contribution in [2.75, 3.05) is 0 Å². The average Bonchev–Trinajstić information content (AvgIpc) is 3.33. The molecule has 3 N–H and O–H groups in total. The van der Waals surface area contributed by atoms with Gasteiger partial charge >= 0.3 is 5.00 Å². The minimum atomic E-state index is -1.30. The van der Waals surface area contributed by atoms with Gasteiger partial charge < -0.3 is 5.32 Å². The molecule has 170 valence electrons. The van der Waals surface area contributed by atoms with Crippen LogP contribution in [0.1, 0.15) is 27.0 Å². The van der Waals surface area contributed by atoms with Gasteiger partial charge in [0.15, 0.2) is 6.04 Å². The van der Waals surface area contributed by atoms with Gasteiger partial charge in [0.25, 0.3) is 17.4 Å². The zero-order chi connectivity index (χ0) is 24.1. The number of nitrogens with one attached hydrogen (secondary N) is 3. The predicted octanol–water partition coefficient (Wildman–Crippen LogP) is 2.51. The standard InChI is InChI=1S/C22H16N6O5S/c29-20(13-6-2-1-3-7-13)24-19(18-15-8-4-5-9-16(15)21(30)27-25-18)22(31)26-23-12-14-10-11-17(34-14)28(32)33/h1-12,19H,(H,24,29)(H,26,31)(H,27,30)/b23-12+. The molecule has 12 heteroatoms. The molecule has 11 nitrogen and oxygen atoms in total. The molecule has 0 aliphatic heterocycles. The van der Waals surface area contributed by atoms with Crippen molar-refractivity contribution in [1.82, 2.24) is 20.9 Å². The molecule has 2 aromatic carbocycles. The smallest absolute Gasteiger partial charge is 0.324 e. The normalized spacial score (nSPS) is 11.9. The molecule has 0 spiro atoms. The van der Waals surface area contributed by atoms with E-state index in [2.05, 4.69) is 26.0 Å². The lowest BCUT2D eigenvalue weighted by Crippen LogP contribution is -2.40. The summed E-state index contributed by atoms with van der Waals surface area (Å²) in [6.45, 7) is 0. The van der Waals surface area contributed by atoms with Crippen LogP contribution in [0.3, 0.4) is 0 Å². The second-order valence-electron chi connectivity index (χ2n) is 6.92. The molecule has 0 radical (unpaired) electrons. The van der Waals surface area contributed by atoms with Crippen molar-refractivity contribution in [3.05, 3.63) is 103 Å². The molecule has 4 aromatic rings. The molecule has 0 saturated carbocycles. The number of aromatic amines is 1. The number of nitrogens with zero attached hydrogens (tertiary/aromatic N) is 3. The Kier molecular flexibility index (Phi) is 6.50. The third-order valence-electron chi connectivity index (χ3n) is 4.73. The summed E-state index contributed by atoms with van der Waals surface area (Å²) < 4.78 is 0. The molecule has 0 saturated heterocycles. The molecule has 34 heavy (non-hydrogen) atoms. The number of hydrogen-bond acceptors (Lipinski definition) is 8. The van der Waals surface area contributed by atoms with E-state index >= 15 is 0 Å². The molecule has 0 bridgehead atoms. The van der Waals surface area contributed by atoms with Gasteiger partial charge in [0.1, 0.15) is 5.69 Å². The average molecular weight is 476 g/mol. The molecule has 1 unspecified atom stereocenters. The summed E-state index contributed by atoms with van der Waals surface area (Å²) in [5, 5.41) is 24.3. The fraction of sp³-hybridized carbons (Fsp3) is 0.0455. The van der Waals surface area contributed by atoms with Crippen LogP contribution in [0.25, 0.3) is 10.8 Å². The summed E-state index contributed by atoms with van der Waals surface area (Å²) >= 11 is 0.887.